The van der Waals surface area contributed by atoms with Gasteiger partial charge in [-0.05, 0) is 94.7 Å². The minimum atomic E-state index is 1.08. The maximum Gasteiger partial charge on any atom is 0.0551 e. The number of aromatic amines is 2. The van der Waals surface area contributed by atoms with Crippen LogP contribution in [-0.2, 0) is 0 Å². The van der Waals surface area contributed by atoms with Gasteiger partial charge in [-0.3, -0.25) is 0 Å². The number of para-hydroxylation sites is 6. The lowest BCUT2D eigenvalue weighted by Gasteiger charge is -2.31. The third-order valence-electron chi connectivity index (χ3n) is 14.5. The van der Waals surface area contributed by atoms with Crippen molar-refractivity contribution >= 4 is 88.2 Å². The molecule has 2 N–H and O–H groups in total. The fourth-order valence-electron chi connectivity index (χ4n) is 11.4. The number of H-pyrrole nitrogens is 2. The number of nitrogens with one attached hydrogen (secondary N) is 2. The zero-order valence-corrected chi connectivity index (χ0v) is 39.3. The van der Waals surface area contributed by atoms with E-state index in [2.05, 4.69) is 287 Å². The average molecular weight is 919 g/mol. The molecule has 0 spiro atoms. The molecule has 0 saturated carbocycles. The van der Waals surface area contributed by atoms with Crippen LogP contribution in [0.5, 0.6) is 0 Å². The van der Waals surface area contributed by atoms with Gasteiger partial charge in [0, 0.05) is 88.4 Å². The molecular weight excluding hydrogens is 873 g/mol. The number of rotatable bonds is 10. The van der Waals surface area contributed by atoms with Gasteiger partial charge in [-0.15, -0.1) is 0 Å². The molecule has 0 aliphatic carbocycles. The van der Waals surface area contributed by atoms with Gasteiger partial charge in [-0.25, -0.2) is 0 Å². The Balaban J connectivity index is 1.19. The van der Waals surface area contributed by atoms with E-state index in [4.69, 9.17) is 0 Å². The van der Waals surface area contributed by atoms with E-state index < -0.39 is 0 Å². The Hall–Kier alpha value is -9.64. The van der Waals surface area contributed by atoms with Crippen LogP contribution in [0.4, 0.5) is 34.1 Å². The topological polar surface area (TPSA) is 38.1 Å². The third kappa shape index (κ3) is 6.69. The molecule has 0 fully saturated rings. The highest BCUT2D eigenvalue weighted by Crippen LogP contribution is 2.54. The molecule has 338 valence electrons. The quantitative estimate of drug-likeness (QED) is 0.134. The van der Waals surface area contributed by atoms with Gasteiger partial charge in [0.1, 0.15) is 0 Å². The maximum absolute atomic E-state index is 4.02. The minimum absolute atomic E-state index is 1.08. The van der Waals surface area contributed by atoms with Gasteiger partial charge in [0.05, 0.1) is 22.8 Å². The predicted octanol–water partition coefficient (Wildman–Crippen LogP) is 19.2. The molecule has 0 bridgehead atoms. The molecule has 0 amide bonds. The standard InChI is InChI=1S/C68H46N4/c1-7-23-45(24-8-1)63-53-35-19-21-37-59(53)69-67(63)57-43-61(71(47-27-11-3-12-28-47)48-29-13-4-14-30-48)55-42-40-52-58(68-64(46-25-9-2-10-26-46)54-36-20-22-38-60(54)70-68)44-62(56-41-39-51(57)65(55)66(52)56)72(49-31-15-5-16-32-49)50-33-17-6-18-34-50/h1-44,69-70H. The normalized spacial score (nSPS) is 11.6. The first kappa shape index (κ1) is 41.3. The molecule has 2 heterocycles. The van der Waals surface area contributed by atoms with Crippen molar-refractivity contribution < 1.29 is 0 Å². The third-order valence-corrected chi connectivity index (χ3v) is 14.5. The second-order valence-electron chi connectivity index (χ2n) is 18.5. The van der Waals surface area contributed by atoms with Crippen LogP contribution in [0, 0.1) is 0 Å². The number of hydrogen-bond acceptors (Lipinski definition) is 2. The molecule has 12 aromatic carbocycles. The first-order valence-corrected chi connectivity index (χ1v) is 24.7. The smallest absolute Gasteiger partial charge is 0.0551 e. The van der Waals surface area contributed by atoms with Crippen LogP contribution < -0.4 is 9.80 Å². The van der Waals surface area contributed by atoms with E-state index in [1.807, 2.05) is 0 Å². The molecule has 14 rings (SSSR count). The molecule has 4 heteroatoms. The minimum Gasteiger partial charge on any atom is -0.354 e. The van der Waals surface area contributed by atoms with E-state index in [1.165, 1.54) is 54.6 Å². The van der Waals surface area contributed by atoms with Crippen molar-refractivity contribution in [3.05, 3.63) is 267 Å². The number of anilines is 6. The second-order valence-corrected chi connectivity index (χ2v) is 18.5. The Morgan fingerprint density at radius 3 is 0.889 bits per heavy atom. The summed E-state index contributed by atoms with van der Waals surface area (Å²) in [5.74, 6) is 0. The van der Waals surface area contributed by atoms with Crippen LogP contribution in [0.15, 0.2) is 267 Å². The molecule has 2 aromatic heterocycles. The zero-order valence-electron chi connectivity index (χ0n) is 39.3. The van der Waals surface area contributed by atoms with Crippen LogP contribution in [0.2, 0.25) is 0 Å². The number of hydrogen-bond donors (Lipinski definition) is 2. The van der Waals surface area contributed by atoms with Gasteiger partial charge in [0.25, 0.3) is 0 Å². The fraction of sp³-hybridized carbons (Fsp3) is 0. The largest absolute Gasteiger partial charge is 0.354 e. The van der Waals surface area contributed by atoms with Crippen molar-refractivity contribution in [3.8, 4) is 44.8 Å². The monoisotopic (exact) mass is 918 g/mol. The van der Waals surface area contributed by atoms with Crippen LogP contribution >= 0.6 is 0 Å². The van der Waals surface area contributed by atoms with Crippen molar-refractivity contribution in [3.63, 3.8) is 0 Å². The van der Waals surface area contributed by atoms with Crippen LogP contribution in [-0.4, -0.2) is 9.97 Å². The summed E-state index contributed by atoms with van der Waals surface area (Å²) >= 11 is 0. The lowest BCUT2D eigenvalue weighted by atomic mass is 9.85. The summed E-state index contributed by atoms with van der Waals surface area (Å²) in [6.45, 7) is 0. The number of benzene rings is 12. The molecule has 0 aliphatic heterocycles. The van der Waals surface area contributed by atoms with E-state index in [9.17, 15) is 0 Å². The zero-order chi connectivity index (χ0) is 47.5. The molecule has 0 saturated heterocycles. The number of fused-ring (bicyclic) bond motifs is 2. The number of aromatic nitrogens is 2. The van der Waals surface area contributed by atoms with Gasteiger partial charge in [-0.2, -0.15) is 0 Å². The molecular formula is C68H46N4. The summed E-state index contributed by atoms with van der Waals surface area (Å²) in [5.41, 5.74) is 17.8. The predicted molar refractivity (Wildman–Crippen MR) is 305 cm³/mol. The Kier molecular flexibility index (Phi) is 9.82. The van der Waals surface area contributed by atoms with Crippen LogP contribution in [0.1, 0.15) is 0 Å². The first-order valence-electron chi connectivity index (χ1n) is 24.7. The van der Waals surface area contributed by atoms with E-state index in [-0.39, 0.29) is 0 Å². The van der Waals surface area contributed by atoms with Crippen molar-refractivity contribution in [2.24, 2.45) is 0 Å². The lowest BCUT2D eigenvalue weighted by molar-refractivity contribution is 1.29. The molecule has 0 aliphatic rings. The highest BCUT2D eigenvalue weighted by Gasteiger charge is 2.28. The van der Waals surface area contributed by atoms with Crippen molar-refractivity contribution in [2.75, 3.05) is 9.80 Å². The molecule has 14 aromatic rings. The highest BCUT2D eigenvalue weighted by atomic mass is 15.1. The van der Waals surface area contributed by atoms with Crippen LogP contribution in [0.3, 0.4) is 0 Å². The lowest BCUT2D eigenvalue weighted by Crippen LogP contribution is -2.12. The molecule has 0 unspecified atom stereocenters. The van der Waals surface area contributed by atoms with Gasteiger partial charge >= 0.3 is 0 Å². The number of nitrogens with zero attached hydrogens (tertiary/aromatic N) is 2. The molecule has 72 heavy (non-hydrogen) atoms. The van der Waals surface area contributed by atoms with Gasteiger partial charge in [0.2, 0.25) is 0 Å². The Morgan fingerprint density at radius 2 is 0.542 bits per heavy atom. The summed E-state index contributed by atoms with van der Waals surface area (Å²) in [5, 5.41) is 9.44. The summed E-state index contributed by atoms with van der Waals surface area (Å²) in [7, 11) is 0. The van der Waals surface area contributed by atoms with Gasteiger partial charge in [0.15, 0.2) is 0 Å². The average Bonchev–Trinajstić information content (AvgIpc) is 4.04. The van der Waals surface area contributed by atoms with Crippen molar-refractivity contribution in [2.45, 2.75) is 0 Å². The maximum atomic E-state index is 4.02. The molecule has 4 nitrogen and oxygen atoms in total. The SMILES string of the molecule is c1ccc(-c2c(-c3cc(N(c4ccccc4)c4ccccc4)c4ccc5c(-c6[nH]c7ccccc7c6-c6ccccc6)cc(N(c6ccccc6)c6ccccc6)c6ccc3c4c56)[nH]c3ccccc23)cc1. The van der Waals surface area contributed by atoms with Crippen molar-refractivity contribution in [1.29, 1.82) is 0 Å². The van der Waals surface area contributed by atoms with Crippen molar-refractivity contribution in [1.82, 2.24) is 9.97 Å². The Labute approximate surface area is 417 Å². The summed E-state index contributed by atoms with van der Waals surface area (Å²) < 4.78 is 0. The van der Waals surface area contributed by atoms with E-state index in [0.717, 1.165) is 78.4 Å². The van der Waals surface area contributed by atoms with E-state index in [0.29, 0.717) is 0 Å². The Morgan fingerprint density at radius 1 is 0.250 bits per heavy atom. The Bertz CT molecular complexity index is 3880. The van der Waals surface area contributed by atoms with Gasteiger partial charge in [-0.1, -0.05) is 194 Å². The van der Waals surface area contributed by atoms with E-state index >= 15 is 0 Å². The summed E-state index contributed by atoms with van der Waals surface area (Å²) in [6.07, 6.45) is 0. The summed E-state index contributed by atoms with van der Waals surface area (Å²) in [6, 6.07) is 96.8. The van der Waals surface area contributed by atoms with Crippen LogP contribution in [0.25, 0.3) is 98.9 Å². The van der Waals surface area contributed by atoms with Gasteiger partial charge < -0.3 is 19.8 Å². The summed E-state index contributed by atoms with van der Waals surface area (Å²) in [4.78, 5) is 12.9. The van der Waals surface area contributed by atoms with E-state index in [1.54, 1.807) is 0 Å². The fourth-order valence-corrected chi connectivity index (χ4v) is 11.4. The molecule has 0 radical (unpaired) electrons. The highest BCUT2D eigenvalue weighted by molar-refractivity contribution is 6.33. The second kappa shape index (κ2) is 17.1. The molecule has 0 atom stereocenters. The first-order chi connectivity index (χ1) is 35.8.